The minimum Gasteiger partial charge on any atom is -0.373 e. The molecule has 130 valence electrons. The van der Waals surface area contributed by atoms with E-state index in [0.717, 1.165) is 61.7 Å². The van der Waals surface area contributed by atoms with E-state index in [1.165, 1.54) is 0 Å². The zero-order valence-corrected chi connectivity index (χ0v) is 14.5. The lowest BCUT2D eigenvalue weighted by atomic mass is 9.92. The van der Waals surface area contributed by atoms with Gasteiger partial charge in [-0.25, -0.2) is 9.97 Å². The Morgan fingerprint density at radius 2 is 1.84 bits per heavy atom. The molecule has 1 N–H and O–H groups in total. The summed E-state index contributed by atoms with van der Waals surface area (Å²) in [6, 6.07) is 5.89. The average molecular weight is 337 g/mol. The fourth-order valence-electron chi connectivity index (χ4n) is 3.42. The molecule has 6 nitrogen and oxygen atoms in total. The maximum Gasteiger partial charge on any atom is 0.225 e. The molecule has 1 amide bonds. The van der Waals surface area contributed by atoms with Crippen LogP contribution >= 0.6 is 0 Å². The van der Waals surface area contributed by atoms with Crippen molar-refractivity contribution in [3.8, 4) is 11.4 Å². The molecule has 25 heavy (non-hydrogen) atoms. The normalized spacial score (nSPS) is 18.2. The number of piperidine rings is 1. The highest BCUT2D eigenvalue weighted by Gasteiger charge is 2.35. The number of carbonyl (C=O) groups excluding carboxylic acids is 1. The van der Waals surface area contributed by atoms with E-state index in [2.05, 4.69) is 15.3 Å². The van der Waals surface area contributed by atoms with E-state index in [0.29, 0.717) is 17.7 Å². The largest absolute Gasteiger partial charge is 0.373 e. The topological polar surface area (TPSA) is 71.0 Å². The van der Waals surface area contributed by atoms with Gasteiger partial charge in [-0.2, -0.15) is 0 Å². The molecule has 2 aromatic heterocycles. The van der Waals surface area contributed by atoms with Crippen LogP contribution in [-0.2, 0) is 4.79 Å². The van der Waals surface area contributed by atoms with Crippen LogP contribution in [0.15, 0.2) is 30.6 Å². The van der Waals surface area contributed by atoms with Crippen LogP contribution in [0.25, 0.3) is 11.4 Å². The zero-order valence-electron chi connectivity index (χ0n) is 14.5. The predicted octanol–water partition coefficient (Wildman–Crippen LogP) is 2.70. The van der Waals surface area contributed by atoms with Crippen LogP contribution in [0.2, 0.25) is 0 Å². The average Bonchev–Trinajstić information content (AvgIpc) is 3.53. The fourth-order valence-corrected chi connectivity index (χ4v) is 3.42. The molecular weight excluding hydrogens is 314 g/mol. The van der Waals surface area contributed by atoms with Crippen molar-refractivity contribution in [3.05, 3.63) is 36.3 Å². The van der Waals surface area contributed by atoms with Gasteiger partial charge in [0.15, 0.2) is 5.82 Å². The Labute approximate surface area is 147 Å². The molecule has 0 spiro atoms. The van der Waals surface area contributed by atoms with Crippen molar-refractivity contribution in [1.82, 2.24) is 19.9 Å². The minimum atomic E-state index is 0.310. The number of amides is 1. The Morgan fingerprint density at radius 1 is 1.12 bits per heavy atom. The van der Waals surface area contributed by atoms with Crippen molar-refractivity contribution < 1.29 is 4.79 Å². The third-order valence-corrected chi connectivity index (χ3v) is 5.09. The zero-order chi connectivity index (χ0) is 17.2. The first-order chi connectivity index (χ1) is 12.2. The second kappa shape index (κ2) is 6.78. The molecule has 0 unspecified atom stereocenters. The molecule has 1 aliphatic heterocycles. The quantitative estimate of drug-likeness (QED) is 0.929. The number of likely N-dealkylation sites (tertiary alicyclic amines) is 1. The molecule has 1 aliphatic carbocycles. The van der Waals surface area contributed by atoms with Crippen molar-refractivity contribution in [2.45, 2.75) is 31.6 Å². The molecule has 6 heteroatoms. The summed E-state index contributed by atoms with van der Waals surface area (Å²) in [5.41, 5.74) is 2.03. The number of rotatable bonds is 4. The number of pyridine rings is 1. The first-order valence-corrected chi connectivity index (χ1v) is 9.00. The first kappa shape index (κ1) is 16.0. The summed E-state index contributed by atoms with van der Waals surface area (Å²) in [5.74, 6) is 2.59. The summed E-state index contributed by atoms with van der Waals surface area (Å²) in [7, 11) is 1.87. The van der Waals surface area contributed by atoms with Gasteiger partial charge in [0.1, 0.15) is 5.82 Å². The molecule has 1 saturated heterocycles. The van der Waals surface area contributed by atoms with E-state index in [1.807, 2.05) is 30.1 Å². The van der Waals surface area contributed by atoms with Crippen molar-refractivity contribution >= 4 is 11.7 Å². The number of hydrogen-bond donors (Lipinski definition) is 1. The summed E-state index contributed by atoms with van der Waals surface area (Å²) in [5, 5.41) is 3.14. The smallest absolute Gasteiger partial charge is 0.225 e. The van der Waals surface area contributed by atoms with Crippen LogP contribution in [0.1, 0.15) is 37.3 Å². The van der Waals surface area contributed by atoms with Crippen LogP contribution in [0, 0.1) is 5.92 Å². The summed E-state index contributed by atoms with van der Waals surface area (Å²) in [6.07, 6.45) is 7.60. The number of nitrogens with one attached hydrogen (secondary N) is 1. The molecule has 2 aliphatic rings. The van der Waals surface area contributed by atoms with Gasteiger partial charge in [-0.1, -0.05) is 0 Å². The summed E-state index contributed by atoms with van der Waals surface area (Å²) in [6.45, 7) is 1.67. The second-order valence-corrected chi connectivity index (χ2v) is 6.86. The lowest BCUT2D eigenvalue weighted by Crippen LogP contribution is -2.38. The highest BCUT2D eigenvalue weighted by Crippen LogP contribution is 2.34. The van der Waals surface area contributed by atoms with Gasteiger partial charge in [-0.3, -0.25) is 9.78 Å². The van der Waals surface area contributed by atoms with E-state index >= 15 is 0 Å². The highest BCUT2D eigenvalue weighted by molar-refractivity contribution is 5.81. The molecule has 0 bridgehead atoms. The number of carbonyl (C=O) groups is 1. The molecule has 1 saturated carbocycles. The molecule has 3 heterocycles. The van der Waals surface area contributed by atoms with E-state index < -0.39 is 0 Å². The lowest BCUT2D eigenvalue weighted by molar-refractivity contribution is -0.133. The molecule has 2 fully saturated rings. The number of nitrogens with zero attached hydrogens (tertiary/aromatic N) is 4. The maximum absolute atomic E-state index is 12.2. The Morgan fingerprint density at radius 3 is 2.48 bits per heavy atom. The SMILES string of the molecule is CNc1cc(C2CCN(C(=O)C3CC3)CC2)nc(-c2ccncc2)n1. The van der Waals surface area contributed by atoms with Crippen LogP contribution in [0.3, 0.4) is 0 Å². The summed E-state index contributed by atoms with van der Waals surface area (Å²) >= 11 is 0. The van der Waals surface area contributed by atoms with Crippen LogP contribution in [0.4, 0.5) is 5.82 Å². The second-order valence-electron chi connectivity index (χ2n) is 6.86. The number of aromatic nitrogens is 3. The van der Waals surface area contributed by atoms with E-state index in [4.69, 9.17) is 4.98 Å². The van der Waals surface area contributed by atoms with Gasteiger partial charge < -0.3 is 10.2 Å². The standard InChI is InChI=1S/C19H23N5O/c1-20-17-12-16(22-18(23-17)14-4-8-21-9-5-14)13-6-10-24(11-7-13)19(25)15-2-3-15/h4-5,8-9,12-13,15H,2-3,6-7,10-11H2,1H3,(H,20,22,23). The molecular formula is C19H23N5O. The van der Waals surface area contributed by atoms with Gasteiger partial charge in [-0.15, -0.1) is 0 Å². The Hall–Kier alpha value is -2.50. The third kappa shape index (κ3) is 3.48. The first-order valence-electron chi connectivity index (χ1n) is 9.00. The van der Waals surface area contributed by atoms with Gasteiger partial charge >= 0.3 is 0 Å². The molecule has 4 rings (SSSR count). The van der Waals surface area contributed by atoms with Gasteiger partial charge in [0.2, 0.25) is 5.91 Å². The predicted molar refractivity (Wildman–Crippen MR) is 96.1 cm³/mol. The van der Waals surface area contributed by atoms with Crippen LogP contribution in [-0.4, -0.2) is 45.9 Å². The van der Waals surface area contributed by atoms with Crippen molar-refractivity contribution in [1.29, 1.82) is 0 Å². The van der Waals surface area contributed by atoms with Gasteiger partial charge in [-0.05, 0) is 37.8 Å². The Kier molecular flexibility index (Phi) is 4.34. The van der Waals surface area contributed by atoms with E-state index in [1.54, 1.807) is 12.4 Å². The molecule has 0 aromatic carbocycles. The maximum atomic E-state index is 12.2. The minimum absolute atomic E-state index is 0.310. The number of anilines is 1. The Bertz CT molecular complexity index is 752. The monoisotopic (exact) mass is 337 g/mol. The molecule has 0 radical (unpaired) electrons. The summed E-state index contributed by atoms with van der Waals surface area (Å²) < 4.78 is 0. The van der Waals surface area contributed by atoms with Crippen LogP contribution < -0.4 is 5.32 Å². The summed E-state index contributed by atoms with van der Waals surface area (Å²) in [4.78, 5) is 27.7. The van der Waals surface area contributed by atoms with Gasteiger partial charge in [0.05, 0.1) is 0 Å². The third-order valence-electron chi connectivity index (χ3n) is 5.09. The molecule has 2 aromatic rings. The van der Waals surface area contributed by atoms with Crippen molar-refractivity contribution in [2.75, 3.05) is 25.5 Å². The van der Waals surface area contributed by atoms with Crippen molar-refractivity contribution in [3.63, 3.8) is 0 Å². The van der Waals surface area contributed by atoms with E-state index in [-0.39, 0.29) is 0 Å². The Balaban J connectivity index is 1.53. The van der Waals surface area contributed by atoms with Gasteiger partial charge in [0.25, 0.3) is 0 Å². The lowest BCUT2D eigenvalue weighted by Gasteiger charge is -2.32. The van der Waals surface area contributed by atoms with Gasteiger partial charge in [0, 0.05) is 61.7 Å². The molecule has 0 atom stereocenters. The van der Waals surface area contributed by atoms with Crippen LogP contribution in [0.5, 0.6) is 0 Å². The van der Waals surface area contributed by atoms with E-state index in [9.17, 15) is 4.79 Å². The number of hydrogen-bond acceptors (Lipinski definition) is 5. The van der Waals surface area contributed by atoms with Crippen molar-refractivity contribution in [2.24, 2.45) is 5.92 Å². The highest BCUT2D eigenvalue weighted by atomic mass is 16.2. The fraction of sp³-hybridized carbons (Fsp3) is 0.474.